The first kappa shape index (κ1) is 18.6. The molecule has 5 rings (SSSR count). The van der Waals surface area contributed by atoms with E-state index in [2.05, 4.69) is 29.8 Å². The minimum absolute atomic E-state index is 0.0608. The van der Waals surface area contributed by atoms with Gasteiger partial charge in [-0.25, -0.2) is 4.39 Å². The molecule has 4 nitrogen and oxygen atoms in total. The van der Waals surface area contributed by atoms with Crippen molar-refractivity contribution >= 4 is 28.4 Å². The van der Waals surface area contributed by atoms with Crippen molar-refractivity contribution in [1.82, 2.24) is 0 Å². The Balaban J connectivity index is 1.63. The molecule has 3 aliphatic rings. The summed E-state index contributed by atoms with van der Waals surface area (Å²) < 4.78 is 13.8. The van der Waals surface area contributed by atoms with Crippen LogP contribution in [0.15, 0.2) is 76.1 Å². The highest BCUT2D eigenvalue weighted by molar-refractivity contribution is 6.38. The quantitative estimate of drug-likeness (QED) is 0.653. The molecule has 0 radical (unpaired) electrons. The molecule has 2 aliphatic heterocycles. The largest absolute Gasteiger partial charge is 0.506 e. The average Bonchev–Trinajstić information content (AvgIpc) is 3.12. The van der Waals surface area contributed by atoms with Gasteiger partial charge in [-0.15, -0.1) is 0 Å². The molecule has 0 fully saturated rings. The molecule has 0 aromatic heterocycles. The number of para-hydroxylation sites is 1. The number of aliphatic hydroxyl groups is 1. The number of carbonyl (C=O) groups excluding carboxylic acids is 1. The van der Waals surface area contributed by atoms with Gasteiger partial charge in [0.15, 0.2) is 0 Å². The second-order valence-corrected chi connectivity index (χ2v) is 8.43. The smallest absolute Gasteiger partial charge is 0.201 e. The van der Waals surface area contributed by atoms with Crippen molar-refractivity contribution in [3.63, 3.8) is 0 Å². The van der Waals surface area contributed by atoms with Gasteiger partial charge in [0.05, 0.1) is 16.8 Å². The molecule has 0 saturated carbocycles. The lowest BCUT2D eigenvalue weighted by Crippen LogP contribution is -2.28. The first-order valence-corrected chi connectivity index (χ1v) is 9.85. The van der Waals surface area contributed by atoms with E-state index in [1.54, 1.807) is 19.1 Å². The van der Waals surface area contributed by atoms with E-state index in [0.717, 1.165) is 11.4 Å². The van der Waals surface area contributed by atoms with Gasteiger partial charge in [0.25, 0.3) is 0 Å². The van der Waals surface area contributed by atoms with Gasteiger partial charge in [-0.2, -0.15) is 0 Å². The second kappa shape index (κ2) is 6.02. The molecular formula is C25H21FN2O2. The van der Waals surface area contributed by atoms with Crippen molar-refractivity contribution in [3.05, 3.63) is 88.1 Å². The summed E-state index contributed by atoms with van der Waals surface area (Å²) in [6.45, 7) is 5.98. The first-order valence-electron chi connectivity index (χ1n) is 9.85. The van der Waals surface area contributed by atoms with E-state index in [-0.39, 0.29) is 28.1 Å². The third kappa shape index (κ3) is 2.32. The molecule has 1 N–H and O–H groups in total. The Hall–Kier alpha value is -3.47. The molecule has 2 aromatic carbocycles. The maximum atomic E-state index is 13.8. The molecule has 1 aliphatic carbocycles. The van der Waals surface area contributed by atoms with Crippen LogP contribution in [0.25, 0.3) is 5.57 Å². The van der Waals surface area contributed by atoms with Gasteiger partial charge in [0.2, 0.25) is 5.78 Å². The summed E-state index contributed by atoms with van der Waals surface area (Å²) in [5, 5.41) is 10.8. The highest BCUT2D eigenvalue weighted by atomic mass is 19.1. The monoisotopic (exact) mass is 400 g/mol. The van der Waals surface area contributed by atoms with Crippen LogP contribution in [0.2, 0.25) is 0 Å². The van der Waals surface area contributed by atoms with E-state index in [1.807, 2.05) is 25.2 Å². The zero-order valence-corrected chi connectivity index (χ0v) is 17.2. The fourth-order valence-electron chi connectivity index (χ4n) is 4.74. The van der Waals surface area contributed by atoms with E-state index in [9.17, 15) is 14.3 Å². The van der Waals surface area contributed by atoms with Crippen molar-refractivity contribution < 1.29 is 14.3 Å². The highest BCUT2D eigenvalue weighted by Crippen LogP contribution is 2.49. The highest BCUT2D eigenvalue weighted by Gasteiger charge is 2.42. The predicted octanol–water partition coefficient (Wildman–Crippen LogP) is 5.39. The maximum absolute atomic E-state index is 13.8. The van der Waals surface area contributed by atoms with Crippen LogP contribution in [-0.2, 0) is 10.2 Å². The minimum atomic E-state index is -0.401. The van der Waals surface area contributed by atoms with Crippen LogP contribution in [0, 0.1) is 5.82 Å². The second-order valence-electron chi connectivity index (χ2n) is 8.43. The Morgan fingerprint density at radius 2 is 1.87 bits per heavy atom. The number of nitrogens with zero attached hydrogens (tertiary/aromatic N) is 2. The molecule has 2 heterocycles. The number of likely N-dealkylation sites (N-methyl/N-ethyl adjacent to an activating group) is 1. The molecule has 0 saturated heterocycles. The van der Waals surface area contributed by atoms with Gasteiger partial charge >= 0.3 is 0 Å². The number of Topliss-reactive ketones (excluding diaryl/α,β-unsaturated/α-hetero) is 1. The van der Waals surface area contributed by atoms with Crippen LogP contribution in [0.1, 0.15) is 31.9 Å². The fraction of sp³-hybridized carbons (Fsp3) is 0.200. The molecular weight excluding hydrogens is 379 g/mol. The van der Waals surface area contributed by atoms with E-state index in [4.69, 9.17) is 0 Å². The number of ketones is 1. The molecule has 150 valence electrons. The third-order valence-electron chi connectivity index (χ3n) is 6.31. The number of rotatable bonds is 1. The number of benzene rings is 2. The Morgan fingerprint density at radius 1 is 1.13 bits per heavy atom. The summed E-state index contributed by atoms with van der Waals surface area (Å²) in [5.41, 5.74) is 5.64. The number of hydrogen-bond donors (Lipinski definition) is 1. The molecule has 2 aromatic rings. The van der Waals surface area contributed by atoms with Gasteiger partial charge in [-0.1, -0.05) is 32.0 Å². The SMILES string of the molecule is CC1=Nc2ccc(F)cc2/C1=C1/C(=O)C(/C=C2\N(C)c3ccccc3C2(C)C)=C1O. The lowest BCUT2D eigenvalue weighted by molar-refractivity contribution is -0.113. The van der Waals surface area contributed by atoms with Crippen LogP contribution in [0.4, 0.5) is 15.8 Å². The number of aliphatic imine (C=N–C) groups is 1. The van der Waals surface area contributed by atoms with E-state index < -0.39 is 5.82 Å². The van der Waals surface area contributed by atoms with Gasteiger partial charge in [0.1, 0.15) is 11.6 Å². The van der Waals surface area contributed by atoms with Crippen LogP contribution in [-0.4, -0.2) is 23.6 Å². The normalized spacial score (nSPS) is 23.0. The van der Waals surface area contributed by atoms with E-state index >= 15 is 0 Å². The third-order valence-corrected chi connectivity index (χ3v) is 6.31. The van der Waals surface area contributed by atoms with Gasteiger partial charge < -0.3 is 10.0 Å². The van der Waals surface area contributed by atoms with Crippen molar-refractivity contribution in [2.24, 2.45) is 4.99 Å². The average molecular weight is 400 g/mol. The lowest BCUT2D eigenvalue weighted by Gasteiger charge is -2.27. The Kier molecular flexibility index (Phi) is 3.72. The summed E-state index contributed by atoms with van der Waals surface area (Å²) in [6.07, 6.45) is 1.77. The molecule has 30 heavy (non-hydrogen) atoms. The summed E-state index contributed by atoms with van der Waals surface area (Å²) in [4.78, 5) is 19.6. The maximum Gasteiger partial charge on any atom is 0.201 e. The molecule has 0 bridgehead atoms. The zero-order valence-electron chi connectivity index (χ0n) is 17.2. The molecule has 0 spiro atoms. The van der Waals surface area contributed by atoms with Crippen LogP contribution in [0.5, 0.6) is 0 Å². The first-order chi connectivity index (χ1) is 14.2. The number of anilines is 1. The Morgan fingerprint density at radius 3 is 2.57 bits per heavy atom. The van der Waals surface area contributed by atoms with Gasteiger partial charge in [0, 0.05) is 40.7 Å². The number of hydrogen-bond acceptors (Lipinski definition) is 4. The van der Waals surface area contributed by atoms with Crippen molar-refractivity contribution in [1.29, 1.82) is 0 Å². The van der Waals surface area contributed by atoms with Crippen LogP contribution >= 0.6 is 0 Å². The zero-order chi connectivity index (χ0) is 21.4. The van der Waals surface area contributed by atoms with Crippen LogP contribution in [0.3, 0.4) is 0 Å². The van der Waals surface area contributed by atoms with Gasteiger partial charge in [-0.3, -0.25) is 9.79 Å². The van der Waals surface area contributed by atoms with E-state index in [1.165, 1.54) is 17.7 Å². The van der Waals surface area contributed by atoms with Crippen molar-refractivity contribution in [2.75, 3.05) is 11.9 Å². The summed E-state index contributed by atoms with van der Waals surface area (Å²) >= 11 is 0. The lowest BCUT2D eigenvalue weighted by atomic mass is 9.78. The number of halogens is 1. The molecule has 0 amide bonds. The Labute approximate surface area is 174 Å². The number of fused-ring (bicyclic) bond motifs is 2. The van der Waals surface area contributed by atoms with E-state index in [0.29, 0.717) is 22.5 Å². The fourth-order valence-corrected chi connectivity index (χ4v) is 4.74. The molecule has 5 heteroatoms. The summed E-state index contributed by atoms with van der Waals surface area (Å²) in [5.74, 6) is -0.711. The minimum Gasteiger partial charge on any atom is -0.506 e. The summed E-state index contributed by atoms with van der Waals surface area (Å²) in [7, 11) is 1.96. The predicted molar refractivity (Wildman–Crippen MR) is 117 cm³/mol. The molecule has 0 atom stereocenters. The topological polar surface area (TPSA) is 52.9 Å². The molecule has 0 unspecified atom stereocenters. The van der Waals surface area contributed by atoms with Crippen molar-refractivity contribution in [3.8, 4) is 0 Å². The van der Waals surface area contributed by atoms with Crippen LogP contribution < -0.4 is 4.90 Å². The standard InChI is InChI=1S/C25H21FN2O2/c1-13-21(15-11-14(26)9-10-18(15)27-13)22-23(29)16(24(22)30)12-20-25(2,3)17-7-5-6-8-19(17)28(20)4/h5-12,29H,1-4H3/b20-12-,22-21+. The van der Waals surface area contributed by atoms with Crippen molar-refractivity contribution in [2.45, 2.75) is 26.2 Å². The Bertz CT molecular complexity index is 1280. The number of aliphatic hydroxyl groups excluding tert-OH is 1. The number of allylic oxidation sites excluding steroid dienone is 5. The van der Waals surface area contributed by atoms with Gasteiger partial charge in [-0.05, 0) is 42.8 Å². The number of carbonyl (C=O) groups is 1. The summed E-state index contributed by atoms with van der Waals surface area (Å²) in [6, 6.07) is 12.4.